The SMILES string of the molecule is COc1cc(OC)cc(-c2nccn3nc(Nc4cccc(C)c4)nc23)c1. The van der Waals surface area contributed by atoms with E-state index in [0.29, 0.717) is 28.8 Å². The van der Waals surface area contributed by atoms with Crippen LogP contribution in [-0.2, 0) is 0 Å². The summed E-state index contributed by atoms with van der Waals surface area (Å²) in [4.78, 5) is 9.12. The largest absolute Gasteiger partial charge is 0.497 e. The van der Waals surface area contributed by atoms with E-state index in [9.17, 15) is 0 Å². The highest BCUT2D eigenvalue weighted by molar-refractivity contribution is 5.76. The van der Waals surface area contributed by atoms with Gasteiger partial charge >= 0.3 is 0 Å². The molecule has 2 heterocycles. The van der Waals surface area contributed by atoms with E-state index in [2.05, 4.69) is 20.4 Å². The lowest BCUT2D eigenvalue weighted by Crippen LogP contribution is -1.95. The maximum Gasteiger partial charge on any atom is 0.247 e. The molecule has 0 saturated heterocycles. The van der Waals surface area contributed by atoms with Crippen molar-refractivity contribution in [3.63, 3.8) is 0 Å². The standard InChI is InChI=1S/C20H19N5O2/c1-13-5-4-6-15(9-13)22-20-23-19-18(21-7-8-25(19)24-20)14-10-16(26-2)12-17(11-14)27-3/h4-12H,1-3H3,(H,22,24). The first-order valence-corrected chi connectivity index (χ1v) is 8.45. The molecule has 7 nitrogen and oxygen atoms in total. The Morgan fingerprint density at radius 1 is 1.00 bits per heavy atom. The van der Waals surface area contributed by atoms with E-state index in [0.717, 1.165) is 16.8 Å². The molecular weight excluding hydrogens is 342 g/mol. The van der Waals surface area contributed by atoms with Crippen LogP contribution >= 0.6 is 0 Å². The predicted molar refractivity (Wildman–Crippen MR) is 104 cm³/mol. The van der Waals surface area contributed by atoms with Gasteiger partial charge in [-0.1, -0.05) is 12.1 Å². The van der Waals surface area contributed by atoms with Gasteiger partial charge in [-0.2, -0.15) is 4.98 Å². The minimum absolute atomic E-state index is 0.504. The highest BCUT2D eigenvalue weighted by Gasteiger charge is 2.13. The number of methoxy groups -OCH3 is 2. The first kappa shape index (κ1) is 16.8. The van der Waals surface area contributed by atoms with Crippen LogP contribution in [0.5, 0.6) is 11.5 Å². The smallest absolute Gasteiger partial charge is 0.247 e. The Balaban J connectivity index is 1.78. The number of ether oxygens (including phenoxy) is 2. The monoisotopic (exact) mass is 361 g/mol. The Kier molecular flexibility index (Phi) is 4.33. The van der Waals surface area contributed by atoms with Crippen molar-refractivity contribution in [2.75, 3.05) is 19.5 Å². The number of rotatable bonds is 5. The summed E-state index contributed by atoms with van der Waals surface area (Å²) < 4.78 is 12.4. The molecule has 0 saturated carbocycles. The fourth-order valence-corrected chi connectivity index (χ4v) is 2.87. The molecule has 7 heteroatoms. The van der Waals surface area contributed by atoms with Crippen LogP contribution < -0.4 is 14.8 Å². The van der Waals surface area contributed by atoms with Crippen molar-refractivity contribution in [2.24, 2.45) is 0 Å². The third-order valence-electron chi connectivity index (χ3n) is 4.15. The second-order valence-corrected chi connectivity index (χ2v) is 6.08. The molecule has 2 aromatic heterocycles. The Morgan fingerprint density at radius 3 is 2.48 bits per heavy atom. The number of anilines is 2. The molecule has 136 valence electrons. The maximum atomic E-state index is 5.36. The highest BCUT2D eigenvalue weighted by Crippen LogP contribution is 2.30. The van der Waals surface area contributed by atoms with Gasteiger partial charge < -0.3 is 14.8 Å². The molecule has 0 aliphatic rings. The van der Waals surface area contributed by atoms with E-state index in [4.69, 9.17) is 9.47 Å². The molecule has 0 spiro atoms. The zero-order chi connectivity index (χ0) is 18.8. The lowest BCUT2D eigenvalue weighted by molar-refractivity contribution is 0.394. The zero-order valence-electron chi connectivity index (χ0n) is 15.3. The Labute approximate surface area is 156 Å². The third-order valence-corrected chi connectivity index (χ3v) is 4.15. The number of aryl methyl sites for hydroxylation is 1. The maximum absolute atomic E-state index is 5.36. The molecule has 0 aliphatic heterocycles. The molecule has 1 N–H and O–H groups in total. The van der Waals surface area contributed by atoms with Gasteiger partial charge in [-0.05, 0) is 36.8 Å². The van der Waals surface area contributed by atoms with Crippen molar-refractivity contribution < 1.29 is 9.47 Å². The van der Waals surface area contributed by atoms with Crippen LogP contribution in [0.15, 0.2) is 54.9 Å². The molecule has 4 rings (SSSR count). The van der Waals surface area contributed by atoms with Crippen molar-refractivity contribution in [1.29, 1.82) is 0 Å². The Bertz CT molecular complexity index is 1080. The average Bonchev–Trinajstić information content (AvgIpc) is 3.09. The summed E-state index contributed by atoms with van der Waals surface area (Å²) in [6.07, 6.45) is 3.46. The number of nitrogens with one attached hydrogen (secondary N) is 1. The molecule has 0 amide bonds. The number of fused-ring (bicyclic) bond motifs is 1. The van der Waals surface area contributed by atoms with Crippen molar-refractivity contribution in [2.45, 2.75) is 6.92 Å². The van der Waals surface area contributed by atoms with Crippen molar-refractivity contribution in [3.8, 4) is 22.8 Å². The molecule has 0 atom stereocenters. The van der Waals surface area contributed by atoms with Crippen molar-refractivity contribution in [1.82, 2.24) is 19.6 Å². The topological polar surface area (TPSA) is 73.6 Å². The quantitative estimate of drug-likeness (QED) is 0.582. The molecule has 0 fully saturated rings. The minimum Gasteiger partial charge on any atom is -0.497 e. The van der Waals surface area contributed by atoms with Gasteiger partial charge in [0.05, 0.1) is 14.2 Å². The molecule has 0 aliphatic carbocycles. The van der Waals surface area contributed by atoms with Crippen LogP contribution in [0.4, 0.5) is 11.6 Å². The predicted octanol–water partition coefficient (Wildman–Crippen LogP) is 3.86. The second kappa shape index (κ2) is 6.95. The number of benzene rings is 2. The summed E-state index contributed by atoms with van der Waals surface area (Å²) in [6, 6.07) is 13.7. The van der Waals surface area contributed by atoms with Crippen LogP contribution in [-0.4, -0.2) is 33.8 Å². The first-order chi connectivity index (χ1) is 13.2. The summed E-state index contributed by atoms with van der Waals surface area (Å²) in [7, 11) is 3.24. The van der Waals surface area contributed by atoms with E-state index in [1.165, 1.54) is 0 Å². The van der Waals surface area contributed by atoms with E-state index < -0.39 is 0 Å². The molecule has 4 aromatic rings. The first-order valence-electron chi connectivity index (χ1n) is 8.45. The summed E-state index contributed by atoms with van der Waals surface area (Å²) in [6.45, 7) is 2.04. The summed E-state index contributed by atoms with van der Waals surface area (Å²) in [5, 5.41) is 7.74. The molecule has 0 bridgehead atoms. The Hall–Kier alpha value is -3.61. The number of hydrogen-bond acceptors (Lipinski definition) is 6. The summed E-state index contributed by atoms with van der Waals surface area (Å²) in [5.74, 6) is 1.88. The van der Waals surface area contributed by atoms with Crippen LogP contribution in [0.1, 0.15) is 5.56 Å². The second-order valence-electron chi connectivity index (χ2n) is 6.08. The Morgan fingerprint density at radius 2 is 1.78 bits per heavy atom. The normalized spacial score (nSPS) is 10.8. The fraction of sp³-hybridized carbons (Fsp3) is 0.150. The molecule has 2 aromatic carbocycles. The number of aromatic nitrogens is 4. The van der Waals surface area contributed by atoms with Crippen LogP contribution in [0, 0.1) is 6.92 Å². The molecule has 27 heavy (non-hydrogen) atoms. The summed E-state index contributed by atoms with van der Waals surface area (Å²) >= 11 is 0. The fourth-order valence-electron chi connectivity index (χ4n) is 2.87. The van der Waals surface area contributed by atoms with Gasteiger partial charge in [-0.3, -0.25) is 4.98 Å². The van der Waals surface area contributed by atoms with E-state index in [1.54, 1.807) is 31.1 Å². The highest BCUT2D eigenvalue weighted by atomic mass is 16.5. The van der Waals surface area contributed by atoms with Crippen LogP contribution in [0.25, 0.3) is 16.9 Å². The minimum atomic E-state index is 0.504. The van der Waals surface area contributed by atoms with Gasteiger partial charge in [0.2, 0.25) is 5.95 Å². The van der Waals surface area contributed by atoms with Crippen molar-refractivity contribution >= 4 is 17.3 Å². The van der Waals surface area contributed by atoms with E-state index >= 15 is 0 Å². The molecular formula is C20H19N5O2. The van der Waals surface area contributed by atoms with Gasteiger partial charge in [0, 0.05) is 29.7 Å². The summed E-state index contributed by atoms with van der Waals surface area (Å²) in [5.41, 5.74) is 4.27. The van der Waals surface area contributed by atoms with Gasteiger partial charge in [0.1, 0.15) is 17.2 Å². The zero-order valence-corrected chi connectivity index (χ0v) is 15.3. The lowest BCUT2D eigenvalue weighted by Gasteiger charge is -2.08. The number of hydrogen-bond donors (Lipinski definition) is 1. The van der Waals surface area contributed by atoms with E-state index in [-0.39, 0.29) is 0 Å². The number of nitrogens with zero attached hydrogens (tertiary/aromatic N) is 4. The molecule has 0 unspecified atom stereocenters. The van der Waals surface area contributed by atoms with Crippen LogP contribution in [0.3, 0.4) is 0 Å². The van der Waals surface area contributed by atoms with Gasteiger partial charge in [0.25, 0.3) is 0 Å². The van der Waals surface area contributed by atoms with E-state index in [1.807, 2.05) is 49.4 Å². The average molecular weight is 361 g/mol. The van der Waals surface area contributed by atoms with Gasteiger partial charge in [-0.15, -0.1) is 5.10 Å². The van der Waals surface area contributed by atoms with Crippen molar-refractivity contribution in [3.05, 3.63) is 60.4 Å². The molecule has 0 radical (unpaired) electrons. The van der Waals surface area contributed by atoms with Gasteiger partial charge in [-0.25, -0.2) is 4.52 Å². The third kappa shape index (κ3) is 3.39. The van der Waals surface area contributed by atoms with Crippen LogP contribution in [0.2, 0.25) is 0 Å². The van der Waals surface area contributed by atoms with Gasteiger partial charge in [0.15, 0.2) is 5.65 Å². The lowest BCUT2D eigenvalue weighted by atomic mass is 10.1.